The molecule has 1 saturated heterocycles. The molecule has 2 fully saturated rings. The highest BCUT2D eigenvalue weighted by Crippen LogP contribution is 2.41. The monoisotopic (exact) mass is 352 g/mol. The van der Waals surface area contributed by atoms with Crippen LogP contribution in [0.3, 0.4) is 0 Å². The topological polar surface area (TPSA) is 65.5 Å². The van der Waals surface area contributed by atoms with E-state index in [9.17, 15) is 9.59 Å². The standard InChI is InChI=1S/C20H24N4O2/c1-2-23-9-11-24(12-10-23)20(26)16-13-15(16)19(25)22-17-7-3-5-14-6-4-8-21-18(14)17/h3-8,15-16H,2,9-13H2,1H3,(H,22,25). The number of pyridine rings is 1. The Hall–Kier alpha value is -2.47. The Labute approximate surface area is 153 Å². The van der Waals surface area contributed by atoms with Gasteiger partial charge in [0.25, 0.3) is 0 Å². The number of amides is 2. The van der Waals surface area contributed by atoms with Crippen molar-refractivity contribution in [3.63, 3.8) is 0 Å². The van der Waals surface area contributed by atoms with E-state index in [-0.39, 0.29) is 23.7 Å². The molecule has 0 bridgehead atoms. The third-order valence-electron chi connectivity index (χ3n) is 5.47. The first-order chi connectivity index (χ1) is 12.7. The van der Waals surface area contributed by atoms with Crippen molar-refractivity contribution < 1.29 is 9.59 Å². The van der Waals surface area contributed by atoms with Gasteiger partial charge in [0.1, 0.15) is 0 Å². The van der Waals surface area contributed by atoms with E-state index in [2.05, 4.69) is 22.1 Å². The molecule has 6 heteroatoms. The van der Waals surface area contributed by atoms with Crippen LogP contribution < -0.4 is 5.32 Å². The Morgan fingerprint density at radius 2 is 1.88 bits per heavy atom. The summed E-state index contributed by atoms with van der Waals surface area (Å²) in [6, 6.07) is 9.58. The minimum absolute atomic E-state index is 0.0753. The SMILES string of the molecule is CCN1CCN(C(=O)C2CC2C(=O)Nc2cccc3cccnc23)CC1. The second-order valence-electron chi connectivity index (χ2n) is 7.08. The van der Waals surface area contributed by atoms with Gasteiger partial charge < -0.3 is 15.1 Å². The average molecular weight is 352 g/mol. The summed E-state index contributed by atoms with van der Waals surface area (Å²) in [5.74, 6) is -0.317. The number of piperazine rings is 1. The Morgan fingerprint density at radius 3 is 2.65 bits per heavy atom. The maximum absolute atomic E-state index is 12.7. The number of fused-ring (bicyclic) bond motifs is 1. The first-order valence-corrected chi connectivity index (χ1v) is 9.33. The number of hydrogen-bond donors (Lipinski definition) is 1. The maximum Gasteiger partial charge on any atom is 0.228 e. The molecule has 2 heterocycles. The average Bonchev–Trinajstić information content (AvgIpc) is 3.49. The number of nitrogens with one attached hydrogen (secondary N) is 1. The molecule has 4 rings (SSSR count). The lowest BCUT2D eigenvalue weighted by molar-refractivity contribution is -0.135. The number of rotatable bonds is 4. The summed E-state index contributed by atoms with van der Waals surface area (Å²) in [4.78, 5) is 33.9. The Morgan fingerprint density at radius 1 is 1.12 bits per heavy atom. The van der Waals surface area contributed by atoms with E-state index >= 15 is 0 Å². The van der Waals surface area contributed by atoms with E-state index in [0.717, 1.165) is 43.6 Å². The smallest absolute Gasteiger partial charge is 0.228 e. The lowest BCUT2D eigenvalue weighted by Crippen LogP contribution is -2.49. The molecule has 1 aliphatic heterocycles. The van der Waals surface area contributed by atoms with Crippen molar-refractivity contribution >= 4 is 28.4 Å². The maximum atomic E-state index is 12.7. The molecule has 1 aromatic carbocycles. The van der Waals surface area contributed by atoms with Crippen molar-refractivity contribution in [1.29, 1.82) is 0 Å². The van der Waals surface area contributed by atoms with Crippen molar-refractivity contribution in [3.8, 4) is 0 Å². The summed E-state index contributed by atoms with van der Waals surface area (Å²) in [6.45, 7) is 6.55. The lowest BCUT2D eigenvalue weighted by atomic mass is 10.2. The predicted octanol–water partition coefficient (Wildman–Crippen LogP) is 1.97. The van der Waals surface area contributed by atoms with Crippen molar-refractivity contribution in [2.45, 2.75) is 13.3 Å². The third-order valence-corrected chi connectivity index (χ3v) is 5.47. The van der Waals surface area contributed by atoms with Gasteiger partial charge in [-0.25, -0.2) is 0 Å². The highest BCUT2D eigenvalue weighted by atomic mass is 16.2. The number of aromatic nitrogens is 1. The number of carbonyl (C=O) groups excluding carboxylic acids is 2. The minimum Gasteiger partial charge on any atom is -0.340 e. The molecule has 0 spiro atoms. The summed E-state index contributed by atoms with van der Waals surface area (Å²) in [7, 11) is 0. The summed E-state index contributed by atoms with van der Waals surface area (Å²) in [6.07, 6.45) is 2.37. The number of benzene rings is 1. The first kappa shape index (κ1) is 17.0. The Bertz CT molecular complexity index is 824. The second kappa shape index (κ2) is 7.03. The van der Waals surface area contributed by atoms with Crippen LogP contribution in [-0.4, -0.2) is 59.3 Å². The van der Waals surface area contributed by atoms with Gasteiger partial charge >= 0.3 is 0 Å². The zero-order chi connectivity index (χ0) is 18.1. The zero-order valence-corrected chi connectivity index (χ0v) is 15.0. The molecular weight excluding hydrogens is 328 g/mol. The van der Waals surface area contributed by atoms with Gasteiger partial charge in [-0.3, -0.25) is 14.6 Å². The van der Waals surface area contributed by atoms with E-state index in [1.807, 2.05) is 35.2 Å². The van der Waals surface area contributed by atoms with Gasteiger partial charge in [-0.15, -0.1) is 0 Å². The van der Waals surface area contributed by atoms with E-state index in [1.54, 1.807) is 6.20 Å². The van der Waals surface area contributed by atoms with Crippen LogP contribution in [0, 0.1) is 11.8 Å². The van der Waals surface area contributed by atoms with Crippen LogP contribution in [0.4, 0.5) is 5.69 Å². The molecule has 136 valence electrons. The summed E-state index contributed by atoms with van der Waals surface area (Å²) in [5, 5.41) is 3.96. The predicted molar refractivity (Wildman–Crippen MR) is 101 cm³/mol. The van der Waals surface area contributed by atoms with Crippen LogP contribution in [0.25, 0.3) is 10.9 Å². The fourth-order valence-corrected chi connectivity index (χ4v) is 3.71. The summed E-state index contributed by atoms with van der Waals surface area (Å²) < 4.78 is 0. The first-order valence-electron chi connectivity index (χ1n) is 9.33. The molecule has 1 saturated carbocycles. The molecule has 26 heavy (non-hydrogen) atoms. The molecule has 1 aliphatic carbocycles. The van der Waals surface area contributed by atoms with Crippen molar-refractivity contribution in [1.82, 2.24) is 14.8 Å². The van der Waals surface area contributed by atoms with E-state index in [4.69, 9.17) is 0 Å². The van der Waals surface area contributed by atoms with Gasteiger partial charge in [0.2, 0.25) is 11.8 Å². The molecule has 0 radical (unpaired) electrons. The Kier molecular flexibility index (Phi) is 4.59. The molecule has 2 unspecified atom stereocenters. The molecule has 2 amide bonds. The van der Waals surface area contributed by atoms with Gasteiger partial charge in [0, 0.05) is 37.8 Å². The van der Waals surface area contributed by atoms with Crippen LogP contribution in [0.5, 0.6) is 0 Å². The van der Waals surface area contributed by atoms with Crippen LogP contribution >= 0.6 is 0 Å². The van der Waals surface area contributed by atoms with E-state index < -0.39 is 0 Å². The molecule has 2 aromatic rings. The number of anilines is 1. The lowest BCUT2D eigenvalue weighted by Gasteiger charge is -2.34. The summed E-state index contributed by atoms with van der Waals surface area (Å²) >= 11 is 0. The van der Waals surface area contributed by atoms with E-state index in [0.29, 0.717) is 12.1 Å². The number of para-hydroxylation sites is 1. The molecule has 1 aromatic heterocycles. The quantitative estimate of drug-likeness (QED) is 0.914. The fraction of sp³-hybridized carbons (Fsp3) is 0.450. The largest absolute Gasteiger partial charge is 0.340 e. The zero-order valence-electron chi connectivity index (χ0n) is 15.0. The second-order valence-corrected chi connectivity index (χ2v) is 7.08. The molecule has 2 aliphatic rings. The highest BCUT2D eigenvalue weighted by Gasteiger charge is 2.49. The van der Waals surface area contributed by atoms with E-state index in [1.165, 1.54) is 0 Å². The fourth-order valence-electron chi connectivity index (χ4n) is 3.71. The third kappa shape index (κ3) is 3.29. The van der Waals surface area contributed by atoms with Crippen molar-refractivity contribution in [3.05, 3.63) is 36.5 Å². The Balaban J connectivity index is 1.37. The van der Waals surface area contributed by atoms with Crippen LogP contribution in [0.1, 0.15) is 13.3 Å². The molecule has 1 N–H and O–H groups in total. The minimum atomic E-state index is -0.217. The van der Waals surface area contributed by atoms with Crippen LogP contribution in [0.2, 0.25) is 0 Å². The van der Waals surface area contributed by atoms with Gasteiger partial charge in [-0.2, -0.15) is 0 Å². The number of hydrogen-bond acceptors (Lipinski definition) is 4. The number of nitrogens with zero attached hydrogens (tertiary/aromatic N) is 3. The van der Waals surface area contributed by atoms with Crippen LogP contribution in [-0.2, 0) is 9.59 Å². The van der Waals surface area contributed by atoms with Gasteiger partial charge in [0.15, 0.2) is 0 Å². The van der Waals surface area contributed by atoms with Crippen molar-refractivity contribution in [2.75, 3.05) is 38.0 Å². The van der Waals surface area contributed by atoms with Crippen molar-refractivity contribution in [2.24, 2.45) is 11.8 Å². The normalized spacial score (nSPS) is 23.0. The van der Waals surface area contributed by atoms with Gasteiger partial charge in [0.05, 0.1) is 23.0 Å². The van der Waals surface area contributed by atoms with Gasteiger partial charge in [-0.05, 0) is 25.1 Å². The molecule has 6 nitrogen and oxygen atoms in total. The number of likely N-dealkylation sites (N-methyl/N-ethyl adjacent to an activating group) is 1. The molecular formula is C20H24N4O2. The summed E-state index contributed by atoms with van der Waals surface area (Å²) in [5.41, 5.74) is 1.49. The molecule has 2 atom stereocenters. The van der Waals surface area contributed by atoms with Crippen LogP contribution in [0.15, 0.2) is 36.5 Å². The highest BCUT2D eigenvalue weighted by molar-refractivity contribution is 6.04. The van der Waals surface area contributed by atoms with Gasteiger partial charge in [-0.1, -0.05) is 25.1 Å². The number of carbonyl (C=O) groups is 2.